The number of hydrogen-bond donors (Lipinski definition) is 4. The molecule has 3 heterocycles. The number of nitrogens with two attached hydrogens (primary N) is 1. The van der Waals surface area contributed by atoms with Crippen molar-refractivity contribution in [3.8, 4) is 11.8 Å². The van der Waals surface area contributed by atoms with Gasteiger partial charge in [-0.1, -0.05) is 44.9 Å². The molecule has 1 aliphatic heterocycles. The number of para-hydroxylation sites is 1. The zero-order valence-corrected chi connectivity index (χ0v) is 23.8. The van der Waals surface area contributed by atoms with E-state index in [0.717, 1.165) is 29.8 Å². The summed E-state index contributed by atoms with van der Waals surface area (Å²) in [5.41, 5.74) is 2.91. The lowest BCUT2D eigenvalue weighted by molar-refractivity contribution is -0.143. The lowest BCUT2D eigenvalue weighted by Crippen LogP contribution is -2.41. The van der Waals surface area contributed by atoms with Gasteiger partial charge in [0.05, 0.1) is 18.9 Å². The van der Waals surface area contributed by atoms with Crippen LogP contribution in [0.3, 0.4) is 0 Å². The SMILES string of the molecule is CCC(CC)COC(=O)CNP(=O)(OC[C@H]1O[C@@](C#N)(c2cc(F)c3c(N)ncnn23)[C@H](O)[C@@H]1O)Oc1ccccc1. The highest BCUT2D eigenvalue weighted by molar-refractivity contribution is 7.52. The van der Waals surface area contributed by atoms with Crippen LogP contribution in [-0.4, -0.2) is 68.9 Å². The minimum absolute atomic E-state index is 0.144. The Morgan fingerprint density at radius 2 is 2.05 bits per heavy atom. The maximum Gasteiger partial charge on any atom is 0.459 e. The van der Waals surface area contributed by atoms with Gasteiger partial charge in [-0.2, -0.15) is 10.4 Å². The maximum absolute atomic E-state index is 14.7. The molecule has 0 bridgehead atoms. The van der Waals surface area contributed by atoms with Gasteiger partial charge >= 0.3 is 13.7 Å². The highest BCUT2D eigenvalue weighted by Crippen LogP contribution is 2.47. The molecular weight excluding hydrogens is 574 g/mol. The number of hydrogen-bond acceptors (Lipinski definition) is 12. The zero-order chi connectivity index (χ0) is 30.5. The number of aliphatic hydroxyl groups is 2. The minimum Gasteiger partial charge on any atom is -0.464 e. The molecule has 5 N–H and O–H groups in total. The van der Waals surface area contributed by atoms with Crippen molar-refractivity contribution in [3.63, 3.8) is 0 Å². The molecule has 0 amide bonds. The van der Waals surface area contributed by atoms with E-state index in [1.807, 2.05) is 13.8 Å². The van der Waals surface area contributed by atoms with Gasteiger partial charge in [0.15, 0.2) is 11.6 Å². The van der Waals surface area contributed by atoms with Crippen LogP contribution >= 0.6 is 7.75 Å². The van der Waals surface area contributed by atoms with E-state index < -0.39 is 56.6 Å². The van der Waals surface area contributed by atoms with E-state index in [1.165, 1.54) is 12.1 Å². The van der Waals surface area contributed by atoms with E-state index in [1.54, 1.807) is 24.3 Å². The number of rotatable bonds is 13. The Morgan fingerprint density at radius 1 is 1.33 bits per heavy atom. The largest absolute Gasteiger partial charge is 0.464 e. The molecule has 0 aliphatic carbocycles. The number of carbonyl (C=O) groups excluding carboxylic acids is 1. The normalized spacial score (nSPS) is 23.5. The lowest BCUT2D eigenvalue weighted by Gasteiger charge is -2.24. The summed E-state index contributed by atoms with van der Waals surface area (Å²) >= 11 is 0. The van der Waals surface area contributed by atoms with Gasteiger partial charge in [0, 0.05) is 6.07 Å². The van der Waals surface area contributed by atoms with Gasteiger partial charge in [0.2, 0.25) is 5.60 Å². The molecule has 4 rings (SSSR count). The molecule has 1 fully saturated rings. The Morgan fingerprint density at radius 3 is 2.71 bits per heavy atom. The number of nitriles is 1. The molecule has 0 radical (unpaired) electrons. The van der Waals surface area contributed by atoms with Gasteiger partial charge < -0.3 is 29.9 Å². The first-order valence-corrected chi connectivity index (χ1v) is 14.7. The summed E-state index contributed by atoms with van der Waals surface area (Å²) in [6.07, 6.45) is -2.46. The maximum atomic E-state index is 14.7. The van der Waals surface area contributed by atoms with Crippen LogP contribution in [-0.2, 0) is 29.0 Å². The van der Waals surface area contributed by atoms with E-state index in [0.29, 0.717) is 0 Å². The van der Waals surface area contributed by atoms with Crippen LogP contribution in [0.1, 0.15) is 32.4 Å². The zero-order valence-electron chi connectivity index (χ0n) is 22.9. The fraction of sp³-hybridized carbons (Fsp3) is 0.462. The van der Waals surface area contributed by atoms with Gasteiger partial charge in [-0.3, -0.25) is 9.32 Å². The topological polar surface area (TPSA) is 204 Å². The number of nitrogen functional groups attached to an aromatic ring is 1. The highest BCUT2D eigenvalue weighted by atomic mass is 31.2. The van der Waals surface area contributed by atoms with Crippen LogP contribution in [0.2, 0.25) is 0 Å². The third kappa shape index (κ3) is 6.39. The summed E-state index contributed by atoms with van der Waals surface area (Å²) in [6.45, 7) is 2.95. The molecule has 14 nitrogen and oxygen atoms in total. The molecule has 3 aromatic rings. The third-order valence-electron chi connectivity index (χ3n) is 6.97. The number of anilines is 1. The second-order valence-electron chi connectivity index (χ2n) is 9.62. The van der Waals surface area contributed by atoms with Gasteiger partial charge in [0.25, 0.3) is 0 Å². The van der Waals surface area contributed by atoms with Crippen molar-refractivity contribution < 1.29 is 42.5 Å². The van der Waals surface area contributed by atoms with Crippen LogP contribution < -0.4 is 15.3 Å². The summed E-state index contributed by atoms with van der Waals surface area (Å²) in [5, 5.41) is 38.1. The van der Waals surface area contributed by atoms with Gasteiger partial charge in [-0.05, 0) is 18.1 Å². The first-order chi connectivity index (χ1) is 20.1. The number of aliphatic hydroxyl groups excluding tert-OH is 2. The second-order valence-corrected chi connectivity index (χ2v) is 11.4. The average molecular weight is 607 g/mol. The van der Waals surface area contributed by atoms with Crippen molar-refractivity contribution in [3.05, 3.63) is 54.2 Å². The quantitative estimate of drug-likeness (QED) is 0.163. The van der Waals surface area contributed by atoms with E-state index in [2.05, 4.69) is 15.2 Å². The number of benzene rings is 1. The molecule has 16 heteroatoms. The van der Waals surface area contributed by atoms with E-state index in [-0.39, 0.29) is 35.3 Å². The van der Waals surface area contributed by atoms with Crippen LogP contribution in [0.15, 0.2) is 42.7 Å². The van der Waals surface area contributed by atoms with Crippen LogP contribution in [0.5, 0.6) is 5.75 Å². The molecule has 0 spiro atoms. The number of esters is 1. The molecule has 1 aliphatic rings. The summed E-state index contributed by atoms with van der Waals surface area (Å²) in [4.78, 5) is 16.1. The van der Waals surface area contributed by atoms with Gasteiger partial charge in [-0.25, -0.2) is 23.5 Å². The monoisotopic (exact) mass is 606 g/mol. The number of aromatic nitrogens is 3. The number of fused-ring (bicyclic) bond motifs is 1. The van der Waals surface area contributed by atoms with E-state index >= 15 is 0 Å². The van der Waals surface area contributed by atoms with Gasteiger partial charge in [-0.15, -0.1) is 0 Å². The van der Waals surface area contributed by atoms with Crippen molar-refractivity contribution in [1.82, 2.24) is 19.7 Å². The molecular formula is C26H32FN6O8P. The lowest BCUT2D eigenvalue weighted by atomic mass is 9.92. The predicted molar refractivity (Wildman–Crippen MR) is 145 cm³/mol. The van der Waals surface area contributed by atoms with E-state index in [9.17, 15) is 29.2 Å². The summed E-state index contributed by atoms with van der Waals surface area (Å²) in [5.74, 6) is -1.48. The van der Waals surface area contributed by atoms with Crippen LogP contribution in [0.25, 0.3) is 5.52 Å². The molecule has 1 unspecified atom stereocenters. The fourth-order valence-corrected chi connectivity index (χ4v) is 5.72. The summed E-state index contributed by atoms with van der Waals surface area (Å²) < 4.78 is 51.4. The van der Waals surface area contributed by atoms with Crippen LogP contribution in [0.4, 0.5) is 10.2 Å². The minimum atomic E-state index is -4.33. The fourth-order valence-electron chi connectivity index (χ4n) is 4.45. The third-order valence-corrected chi connectivity index (χ3v) is 8.46. The Balaban J connectivity index is 1.52. The average Bonchev–Trinajstić information content (AvgIpc) is 3.46. The van der Waals surface area contributed by atoms with Crippen molar-refractivity contribution in [2.24, 2.45) is 5.92 Å². The summed E-state index contributed by atoms with van der Waals surface area (Å²) in [6, 6.07) is 10.7. The number of ether oxygens (including phenoxy) is 2. The molecule has 226 valence electrons. The summed E-state index contributed by atoms with van der Waals surface area (Å²) in [7, 11) is -4.33. The first kappa shape index (κ1) is 31.3. The number of carbonyl (C=O) groups is 1. The van der Waals surface area contributed by atoms with Crippen molar-refractivity contribution in [2.75, 3.05) is 25.5 Å². The standard InChI is InChI=1S/C26H32FN6O8P/c1-3-16(4-2)12-38-21(34)11-32-42(37,41-17-8-6-5-7-9-17)39-13-19-23(35)24(36)26(14-28,40-19)20-10-18(27)22-25(29)30-15-31-33(20)22/h5-10,15-16,19,23-24,35-36H,3-4,11-13H2,1-2H3,(H,32,37)(H2,29,30,31)/t19-,23-,24-,26+,42?/m1/s1. The number of nitrogens with zero attached hydrogens (tertiary/aromatic N) is 4. The Kier molecular flexibility index (Phi) is 9.78. The molecule has 42 heavy (non-hydrogen) atoms. The van der Waals surface area contributed by atoms with Crippen molar-refractivity contribution >= 4 is 25.1 Å². The Hall–Kier alpha value is -3.64. The first-order valence-electron chi connectivity index (χ1n) is 13.2. The molecule has 1 aromatic carbocycles. The molecule has 0 saturated carbocycles. The number of halogens is 1. The van der Waals surface area contributed by atoms with Crippen molar-refractivity contribution in [1.29, 1.82) is 5.26 Å². The van der Waals surface area contributed by atoms with E-state index in [4.69, 9.17) is 24.3 Å². The highest BCUT2D eigenvalue weighted by Gasteiger charge is 2.58. The molecule has 2 aromatic heterocycles. The Bertz CT molecular complexity index is 1480. The van der Waals surface area contributed by atoms with Crippen LogP contribution in [0, 0.1) is 23.1 Å². The van der Waals surface area contributed by atoms with Gasteiger partial charge in [0.1, 0.15) is 48.5 Å². The number of nitrogens with one attached hydrogen (secondary N) is 1. The predicted octanol–water partition coefficient (Wildman–Crippen LogP) is 2.06. The Labute approximate surface area is 240 Å². The smallest absolute Gasteiger partial charge is 0.459 e. The molecule has 5 atom stereocenters. The second kappa shape index (κ2) is 13.1. The molecule has 1 saturated heterocycles. The van der Waals surface area contributed by atoms with Crippen molar-refractivity contribution in [2.45, 2.75) is 50.6 Å².